The molecule has 1 atom stereocenters. The van der Waals surface area contributed by atoms with Gasteiger partial charge < -0.3 is 15.2 Å². The van der Waals surface area contributed by atoms with Crippen LogP contribution in [0.25, 0.3) is 0 Å². The molecule has 17 heavy (non-hydrogen) atoms. The zero-order valence-corrected chi connectivity index (χ0v) is 11.8. The Balaban J connectivity index is 0.00000256. The fourth-order valence-corrected chi connectivity index (χ4v) is 1.70. The fourth-order valence-electron chi connectivity index (χ4n) is 1.70. The van der Waals surface area contributed by atoms with Crippen molar-refractivity contribution in [2.24, 2.45) is 5.73 Å². The molecule has 2 N–H and O–H groups in total. The Bertz CT molecular complexity index is 356. The van der Waals surface area contributed by atoms with Gasteiger partial charge in [-0.25, -0.2) is 0 Å². The number of rotatable bonds is 5. The van der Waals surface area contributed by atoms with Crippen LogP contribution in [0.5, 0.6) is 11.5 Å². The highest BCUT2D eigenvalue weighted by atomic mass is 35.5. The molecule has 3 nitrogen and oxygen atoms in total. The van der Waals surface area contributed by atoms with E-state index in [-0.39, 0.29) is 18.4 Å². The fraction of sp³-hybridized carbons (Fsp3) is 0.538. The summed E-state index contributed by atoms with van der Waals surface area (Å²) in [5.74, 6) is 1.78. The summed E-state index contributed by atoms with van der Waals surface area (Å²) in [6, 6.07) is 4.18. The molecule has 0 aliphatic carbocycles. The van der Waals surface area contributed by atoms with E-state index in [0.29, 0.717) is 0 Å². The Morgan fingerprint density at radius 3 is 2.24 bits per heavy atom. The van der Waals surface area contributed by atoms with Crippen LogP contribution in [0.1, 0.15) is 24.5 Å². The molecule has 0 aliphatic heterocycles. The molecule has 0 radical (unpaired) electrons. The van der Waals surface area contributed by atoms with E-state index in [1.54, 1.807) is 14.2 Å². The Kier molecular flexibility index (Phi) is 7.00. The standard InChI is InChI=1S/C13H21NO2.ClH/c1-5-11(14)7-10-8-12(15-3)9(2)6-13(10)16-4;/h6,8,11H,5,7,14H2,1-4H3;1H/t11-;/m0./s1. The lowest BCUT2D eigenvalue weighted by Crippen LogP contribution is -2.21. The summed E-state index contributed by atoms with van der Waals surface area (Å²) in [5.41, 5.74) is 8.15. The minimum Gasteiger partial charge on any atom is -0.496 e. The predicted molar refractivity (Wildman–Crippen MR) is 73.5 cm³/mol. The largest absolute Gasteiger partial charge is 0.496 e. The minimum atomic E-state index is 0. The Morgan fingerprint density at radius 2 is 1.76 bits per heavy atom. The van der Waals surface area contributed by atoms with Gasteiger partial charge in [0.1, 0.15) is 11.5 Å². The second-order valence-corrected chi connectivity index (χ2v) is 4.01. The van der Waals surface area contributed by atoms with E-state index in [9.17, 15) is 0 Å². The highest BCUT2D eigenvalue weighted by molar-refractivity contribution is 5.85. The molecule has 0 fully saturated rings. The maximum Gasteiger partial charge on any atom is 0.122 e. The number of methoxy groups -OCH3 is 2. The lowest BCUT2D eigenvalue weighted by Gasteiger charge is -2.15. The van der Waals surface area contributed by atoms with Crippen molar-refractivity contribution in [1.82, 2.24) is 0 Å². The maximum atomic E-state index is 5.96. The Morgan fingerprint density at radius 1 is 1.18 bits per heavy atom. The molecule has 1 rings (SSSR count). The first-order valence-corrected chi connectivity index (χ1v) is 5.59. The normalized spacial score (nSPS) is 11.6. The highest BCUT2D eigenvalue weighted by Gasteiger charge is 2.11. The second-order valence-electron chi connectivity index (χ2n) is 4.01. The van der Waals surface area contributed by atoms with E-state index >= 15 is 0 Å². The van der Waals surface area contributed by atoms with Gasteiger partial charge in [-0.2, -0.15) is 0 Å². The summed E-state index contributed by atoms with van der Waals surface area (Å²) in [5, 5.41) is 0. The van der Waals surface area contributed by atoms with E-state index < -0.39 is 0 Å². The smallest absolute Gasteiger partial charge is 0.122 e. The molecule has 0 aliphatic rings. The number of hydrogen-bond acceptors (Lipinski definition) is 3. The average molecular weight is 260 g/mol. The van der Waals surface area contributed by atoms with Gasteiger partial charge in [-0.15, -0.1) is 12.4 Å². The van der Waals surface area contributed by atoms with Gasteiger partial charge in [0.15, 0.2) is 0 Å². The molecule has 0 saturated carbocycles. The van der Waals surface area contributed by atoms with Crippen LogP contribution in [0.15, 0.2) is 12.1 Å². The number of aryl methyl sites for hydroxylation is 1. The number of benzene rings is 1. The third-order valence-corrected chi connectivity index (χ3v) is 2.80. The van der Waals surface area contributed by atoms with Crippen molar-refractivity contribution in [3.05, 3.63) is 23.3 Å². The van der Waals surface area contributed by atoms with Crippen molar-refractivity contribution < 1.29 is 9.47 Å². The molecule has 98 valence electrons. The topological polar surface area (TPSA) is 44.5 Å². The van der Waals surface area contributed by atoms with Crippen LogP contribution in [0.2, 0.25) is 0 Å². The van der Waals surface area contributed by atoms with E-state index in [0.717, 1.165) is 35.5 Å². The number of ether oxygens (including phenoxy) is 2. The minimum absolute atomic E-state index is 0. The molecule has 0 saturated heterocycles. The lowest BCUT2D eigenvalue weighted by molar-refractivity contribution is 0.394. The van der Waals surface area contributed by atoms with E-state index in [2.05, 4.69) is 6.92 Å². The van der Waals surface area contributed by atoms with Crippen LogP contribution < -0.4 is 15.2 Å². The summed E-state index contributed by atoms with van der Waals surface area (Å²) in [6.45, 7) is 4.09. The van der Waals surface area contributed by atoms with Crippen LogP contribution in [0.3, 0.4) is 0 Å². The van der Waals surface area contributed by atoms with Gasteiger partial charge in [-0.1, -0.05) is 6.92 Å². The van der Waals surface area contributed by atoms with Gasteiger partial charge in [0.25, 0.3) is 0 Å². The van der Waals surface area contributed by atoms with Crippen molar-refractivity contribution >= 4 is 12.4 Å². The molecule has 0 unspecified atom stereocenters. The molecule has 0 amide bonds. The van der Waals surface area contributed by atoms with Gasteiger partial charge in [0, 0.05) is 6.04 Å². The van der Waals surface area contributed by atoms with Crippen molar-refractivity contribution in [3.63, 3.8) is 0 Å². The maximum absolute atomic E-state index is 5.96. The monoisotopic (exact) mass is 259 g/mol. The van der Waals surface area contributed by atoms with E-state index in [1.807, 2.05) is 19.1 Å². The molecule has 0 bridgehead atoms. The summed E-state index contributed by atoms with van der Waals surface area (Å²) < 4.78 is 10.7. The van der Waals surface area contributed by atoms with Crippen molar-refractivity contribution in [2.45, 2.75) is 32.7 Å². The van der Waals surface area contributed by atoms with Crippen LogP contribution in [-0.2, 0) is 6.42 Å². The molecule has 0 heterocycles. The molecule has 0 spiro atoms. The molecule has 0 aromatic heterocycles. The number of hydrogen-bond donors (Lipinski definition) is 1. The van der Waals surface area contributed by atoms with Crippen molar-refractivity contribution in [2.75, 3.05) is 14.2 Å². The first-order chi connectivity index (χ1) is 7.62. The van der Waals surface area contributed by atoms with Gasteiger partial charge >= 0.3 is 0 Å². The summed E-state index contributed by atoms with van der Waals surface area (Å²) >= 11 is 0. The Labute approximate surface area is 110 Å². The van der Waals surface area contributed by atoms with Crippen LogP contribution in [0, 0.1) is 6.92 Å². The quantitative estimate of drug-likeness (QED) is 0.884. The van der Waals surface area contributed by atoms with Gasteiger partial charge in [0.2, 0.25) is 0 Å². The van der Waals surface area contributed by atoms with Gasteiger partial charge in [-0.05, 0) is 43.0 Å². The van der Waals surface area contributed by atoms with Crippen LogP contribution in [-0.4, -0.2) is 20.3 Å². The third-order valence-electron chi connectivity index (χ3n) is 2.80. The first kappa shape index (κ1) is 16.1. The SMILES string of the molecule is CC[C@H](N)Cc1cc(OC)c(C)cc1OC.Cl. The zero-order valence-electron chi connectivity index (χ0n) is 10.9. The number of halogens is 1. The summed E-state index contributed by atoms with van der Waals surface area (Å²) in [4.78, 5) is 0. The average Bonchev–Trinajstić information content (AvgIpc) is 2.30. The molecular formula is C13H22ClNO2. The molecular weight excluding hydrogens is 238 g/mol. The van der Waals surface area contributed by atoms with Crippen LogP contribution in [0.4, 0.5) is 0 Å². The van der Waals surface area contributed by atoms with E-state index in [4.69, 9.17) is 15.2 Å². The number of nitrogens with two attached hydrogens (primary N) is 1. The lowest BCUT2D eigenvalue weighted by atomic mass is 10.0. The summed E-state index contributed by atoms with van der Waals surface area (Å²) in [6.07, 6.45) is 1.77. The predicted octanol–water partition coefficient (Wildman–Crippen LogP) is 2.71. The van der Waals surface area contributed by atoms with E-state index in [1.165, 1.54) is 0 Å². The first-order valence-electron chi connectivity index (χ1n) is 5.59. The summed E-state index contributed by atoms with van der Waals surface area (Å²) in [7, 11) is 3.36. The van der Waals surface area contributed by atoms with Crippen LogP contribution >= 0.6 is 12.4 Å². The van der Waals surface area contributed by atoms with Gasteiger partial charge in [0.05, 0.1) is 14.2 Å². The molecule has 4 heteroatoms. The van der Waals surface area contributed by atoms with Crippen molar-refractivity contribution in [1.29, 1.82) is 0 Å². The molecule has 1 aromatic rings. The highest BCUT2D eigenvalue weighted by Crippen LogP contribution is 2.29. The third kappa shape index (κ3) is 4.10. The van der Waals surface area contributed by atoms with Crippen molar-refractivity contribution in [3.8, 4) is 11.5 Å². The Hall–Kier alpha value is -0.930. The molecule has 1 aromatic carbocycles. The zero-order chi connectivity index (χ0) is 12.1. The second kappa shape index (κ2) is 7.41. The van der Waals surface area contributed by atoms with Gasteiger partial charge in [-0.3, -0.25) is 0 Å².